The van der Waals surface area contributed by atoms with Crippen LogP contribution in [0.3, 0.4) is 0 Å². The largest absolute Gasteiger partial charge is 0.192 e. The molecule has 0 saturated carbocycles. The number of allylic oxidation sites excluding steroid dienone is 1. The Balaban J connectivity index is 2.69. The van der Waals surface area contributed by atoms with Crippen LogP contribution in [-0.2, 0) is 6.42 Å². The highest BCUT2D eigenvalue weighted by atomic mass is 14.2. The van der Waals surface area contributed by atoms with Gasteiger partial charge < -0.3 is 0 Å². The van der Waals surface area contributed by atoms with Gasteiger partial charge in [-0.05, 0) is 79.1 Å². The number of hydrogen-bond acceptors (Lipinski definition) is 1. The topological polar surface area (TPSA) is 23.8 Å². The first-order valence-electron chi connectivity index (χ1n) is 7.22. The van der Waals surface area contributed by atoms with E-state index in [0.717, 1.165) is 17.5 Å². The monoisotopic (exact) mass is 275 g/mol. The molecule has 0 atom stereocenters. The van der Waals surface area contributed by atoms with E-state index in [4.69, 9.17) is 5.26 Å². The van der Waals surface area contributed by atoms with Crippen LogP contribution in [0.2, 0.25) is 0 Å². The van der Waals surface area contributed by atoms with Crippen LogP contribution in [0.1, 0.15) is 33.4 Å². The second kappa shape index (κ2) is 5.97. The van der Waals surface area contributed by atoms with Gasteiger partial charge in [-0.15, -0.1) is 6.58 Å². The molecule has 0 bridgehead atoms. The van der Waals surface area contributed by atoms with Crippen LogP contribution in [0.5, 0.6) is 0 Å². The lowest BCUT2D eigenvalue weighted by Crippen LogP contribution is -1.98. The molecule has 0 aliphatic carbocycles. The van der Waals surface area contributed by atoms with Gasteiger partial charge in [0.25, 0.3) is 0 Å². The molecule has 0 unspecified atom stereocenters. The Hall–Kier alpha value is -2.33. The minimum atomic E-state index is 0.757. The molecule has 0 saturated heterocycles. The van der Waals surface area contributed by atoms with Crippen molar-refractivity contribution in [2.24, 2.45) is 0 Å². The first-order chi connectivity index (χ1) is 10.0. The second-order valence-electron chi connectivity index (χ2n) is 5.55. The summed E-state index contributed by atoms with van der Waals surface area (Å²) >= 11 is 0. The van der Waals surface area contributed by atoms with E-state index in [0.29, 0.717) is 0 Å². The van der Waals surface area contributed by atoms with Crippen LogP contribution in [0, 0.1) is 39.0 Å². The number of rotatable bonds is 3. The Labute approximate surface area is 127 Å². The summed E-state index contributed by atoms with van der Waals surface area (Å²) in [5.74, 6) is 0. The number of hydrogen-bond donors (Lipinski definition) is 0. The molecule has 2 rings (SSSR count). The molecule has 0 aromatic heterocycles. The first-order valence-corrected chi connectivity index (χ1v) is 7.22. The van der Waals surface area contributed by atoms with E-state index < -0.39 is 0 Å². The Morgan fingerprint density at radius 3 is 2.19 bits per heavy atom. The van der Waals surface area contributed by atoms with Crippen molar-refractivity contribution in [3.8, 4) is 17.2 Å². The van der Waals surface area contributed by atoms with Gasteiger partial charge >= 0.3 is 0 Å². The van der Waals surface area contributed by atoms with Gasteiger partial charge in [0.05, 0.1) is 11.6 Å². The first kappa shape index (κ1) is 15.1. The maximum Gasteiger partial charge on any atom is 0.0994 e. The van der Waals surface area contributed by atoms with Gasteiger partial charge in [0, 0.05) is 0 Å². The Bertz CT molecular complexity index is 745. The smallest absolute Gasteiger partial charge is 0.0994 e. The number of aryl methyl sites for hydroxylation is 1. The highest BCUT2D eigenvalue weighted by molar-refractivity contribution is 5.74. The standard InChI is InChI=1S/C20H21N/c1-6-7-18-13(2)8-10-20(16(18)5)19-11-9-17(12-21)14(3)15(19)4/h6,8-11H,1,7H2,2-5H3. The van der Waals surface area contributed by atoms with Crippen molar-refractivity contribution in [3.63, 3.8) is 0 Å². The second-order valence-corrected chi connectivity index (χ2v) is 5.55. The van der Waals surface area contributed by atoms with Crippen LogP contribution >= 0.6 is 0 Å². The van der Waals surface area contributed by atoms with E-state index in [2.05, 4.69) is 51.6 Å². The van der Waals surface area contributed by atoms with Gasteiger partial charge in [-0.25, -0.2) is 0 Å². The van der Waals surface area contributed by atoms with Crippen molar-refractivity contribution in [2.75, 3.05) is 0 Å². The van der Waals surface area contributed by atoms with Crippen LogP contribution in [0.15, 0.2) is 36.9 Å². The predicted molar refractivity (Wildman–Crippen MR) is 89.4 cm³/mol. The minimum Gasteiger partial charge on any atom is -0.192 e. The molecule has 106 valence electrons. The molecule has 1 heteroatoms. The highest BCUT2D eigenvalue weighted by Gasteiger charge is 2.12. The van der Waals surface area contributed by atoms with E-state index in [9.17, 15) is 0 Å². The van der Waals surface area contributed by atoms with Crippen LogP contribution < -0.4 is 0 Å². The number of nitriles is 1. The Morgan fingerprint density at radius 1 is 0.952 bits per heavy atom. The third-order valence-electron chi connectivity index (χ3n) is 4.38. The maximum atomic E-state index is 9.15. The van der Waals surface area contributed by atoms with Gasteiger partial charge in [0.15, 0.2) is 0 Å². The molecule has 0 spiro atoms. The average molecular weight is 275 g/mol. The maximum absolute atomic E-state index is 9.15. The van der Waals surface area contributed by atoms with E-state index in [1.54, 1.807) is 0 Å². The number of nitrogens with zero attached hydrogens (tertiary/aromatic N) is 1. The lowest BCUT2D eigenvalue weighted by molar-refractivity contribution is 1.17. The third kappa shape index (κ3) is 2.62. The molecule has 2 aromatic rings. The van der Waals surface area contributed by atoms with Crippen molar-refractivity contribution in [2.45, 2.75) is 34.1 Å². The van der Waals surface area contributed by atoms with Gasteiger partial charge in [-0.1, -0.05) is 24.3 Å². The quantitative estimate of drug-likeness (QED) is 0.707. The fraction of sp³-hybridized carbons (Fsp3) is 0.250. The summed E-state index contributed by atoms with van der Waals surface area (Å²) in [6, 6.07) is 10.6. The molecule has 0 aliphatic rings. The van der Waals surface area contributed by atoms with E-state index in [1.807, 2.05) is 19.1 Å². The van der Waals surface area contributed by atoms with Gasteiger partial charge in [-0.3, -0.25) is 0 Å². The fourth-order valence-corrected chi connectivity index (χ4v) is 2.88. The Kier molecular flexibility index (Phi) is 4.29. The van der Waals surface area contributed by atoms with Crippen LogP contribution in [0.4, 0.5) is 0 Å². The zero-order chi connectivity index (χ0) is 15.6. The zero-order valence-corrected chi connectivity index (χ0v) is 13.2. The molecule has 2 aromatic carbocycles. The molecule has 0 fully saturated rings. The third-order valence-corrected chi connectivity index (χ3v) is 4.38. The lowest BCUT2D eigenvalue weighted by Gasteiger charge is -2.16. The van der Waals surface area contributed by atoms with E-state index in [-0.39, 0.29) is 0 Å². The molecule has 0 radical (unpaired) electrons. The van der Waals surface area contributed by atoms with Gasteiger partial charge in [0.1, 0.15) is 0 Å². The van der Waals surface area contributed by atoms with Crippen LogP contribution in [0.25, 0.3) is 11.1 Å². The van der Waals surface area contributed by atoms with E-state index in [1.165, 1.54) is 33.4 Å². The molecule has 1 nitrogen and oxygen atoms in total. The summed E-state index contributed by atoms with van der Waals surface area (Å²) in [5, 5.41) is 9.15. The zero-order valence-electron chi connectivity index (χ0n) is 13.2. The average Bonchev–Trinajstić information content (AvgIpc) is 2.47. The summed E-state index contributed by atoms with van der Waals surface area (Å²) < 4.78 is 0. The van der Waals surface area contributed by atoms with Crippen molar-refractivity contribution in [1.82, 2.24) is 0 Å². The summed E-state index contributed by atoms with van der Waals surface area (Å²) in [7, 11) is 0. The van der Waals surface area contributed by atoms with Gasteiger partial charge in [0.2, 0.25) is 0 Å². The van der Waals surface area contributed by atoms with Crippen molar-refractivity contribution >= 4 is 0 Å². The summed E-state index contributed by atoms with van der Waals surface area (Å²) in [4.78, 5) is 0. The molecule has 0 N–H and O–H groups in total. The molecular formula is C20H21N. The highest BCUT2D eigenvalue weighted by Crippen LogP contribution is 2.32. The van der Waals surface area contributed by atoms with Crippen molar-refractivity contribution in [3.05, 3.63) is 70.3 Å². The molecule has 0 aliphatic heterocycles. The van der Waals surface area contributed by atoms with Gasteiger partial charge in [-0.2, -0.15) is 5.26 Å². The predicted octanol–water partition coefficient (Wildman–Crippen LogP) is 5.19. The van der Waals surface area contributed by atoms with E-state index >= 15 is 0 Å². The minimum absolute atomic E-state index is 0.757. The molecular weight excluding hydrogens is 254 g/mol. The SMILES string of the molecule is C=CCc1c(C)ccc(-c2ccc(C#N)c(C)c2C)c1C. The lowest BCUT2D eigenvalue weighted by atomic mass is 9.88. The normalized spacial score (nSPS) is 10.2. The summed E-state index contributed by atoms with van der Waals surface area (Å²) in [5.41, 5.74) is 9.44. The number of benzene rings is 2. The molecule has 0 amide bonds. The Morgan fingerprint density at radius 2 is 1.57 bits per heavy atom. The van der Waals surface area contributed by atoms with Crippen molar-refractivity contribution < 1.29 is 0 Å². The fourth-order valence-electron chi connectivity index (χ4n) is 2.88. The summed E-state index contributed by atoms with van der Waals surface area (Å²) in [6.07, 6.45) is 2.84. The molecule has 0 heterocycles. The summed E-state index contributed by atoms with van der Waals surface area (Å²) in [6.45, 7) is 12.3. The van der Waals surface area contributed by atoms with Crippen molar-refractivity contribution in [1.29, 1.82) is 5.26 Å². The molecule has 21 heavy (non-hydrogen) atoms. The van der Waals surface area contributed by atoms with Crippen LogP contribution in [-0.4, -0.2) is 0 Å².